The van der Waals surface area contributed by atoms with Gasteiger partial charge in [0.25, 0.3) is 11.6 Å². The number of non-ortho nitro benzene ring substituents is 1. The number of methoxy groups -OCH3 is 1. The summed E-state index contributed by atoms with van der Waals surface area (Å²) in [7, 11) is 1.62. The van der Waals surface area contributed by atoms with E-state index in [0.29, 0.717) is 24.7 Å². The predicted octanol–water partition coefficient (Wildman–Crippen LogP) is 2.89. The van der Waals surface area contributed by atoms with E-state index in [1.54, 1.807) is 19.4 Å². The van der Waals surface area contributed by atoms with Crippen LogP contribution in [-0.4, -0.2) is 50.0 Å². The maximum absolute atomic E-state index is 11.1. The van der Waals surface area contributed by atoms with E-state index >= 15 is 0 Å². The van der Waals surface area contributed by atoms with Crippen molar-refractivity contribution in [2.45, 2.75) is 0 Å². The molecule has 4 rings (SSSR count). The second kappa shape index (κ2) is 8.49. The zero-order chi connectivity index (χ0) is 20.9. The summed E-state index contributed by atoms with van der Waals surface area (Å²) in [5, 5.41) is 19.1. The van der Waals surface area contributed by atoms with Gasteiger partial charge in [0.1, 0.15) is 18.7 Å². The molecule has 1 N–H and O–H groups in total. The van der Waals surface area contributed by atoms with Crippen molar-refractivity contribution in [2.24, 2.45) is 0 Å². The Balaban J connectivity index is 1.55. The average molecular weight is 407 g/mol. The van der Waals surface area contributed by atoms with Crippen LogP contribution >= 0.6 is 0 Å². The van der Waals surface area contributed by atoms with Crippen molar-refractivity contribution in [1.29, 1.82) is 0 Å². The number of aromatic nitrogens is 5. The molecule has 0 fully saturated rings. The van der Waals surface area contributed by atoms with Crippen LogP contribution in [0, 0.1) is 10.1 Å². The molecule has 2 aromatic heterocycles. The molecule has 11 heteroatoms. The van der Waals surface area contributed by atoms with Crippen LogP contribution in [0.1, 0.15) is 0 Å². The fraction of sp³-hybridized carbons (Fsp3) is 0.158. The van der Waals surface area contributed by atoms with E-state index in [4.69, 9.17) is 9.47 Å². The van der Waals surface area contributed by atoms with E-state index in [1.807, 2.05) is 24.3 Å². The van der Waals surface area contributed by atoms with E-state index < -0.39 is 4.92 Å². The summed E-state index contributed by atoms with van der Waals surface area (Å²) in [4.78, 5) is 23.3. The van der Waals surface area contributed by atoms with Gasteiger partial charge in [-0.15, -0.1) is 0 Å². The highest BCUT2D eigenvalue weighted by molar-refractivity contribution is 5.82. The highest BCUT2D eigenvalue weighted by Crippen LogP contribution is 2.23. The Morgan fingerprint density at radius 2 is 1.97 bits per heavy atom. The lowest BCUT2D eigenvalue weighted by molar-refractivity contribution is -0.384. The van der Waals surface area contributed by atoms with Crippen LogP contribution in [0.3, 0.4) is 0 Å². The minimum absolute atomic E-state index is 0.0375. The highest BCUT2D eigenvalue weighted by atomic mass is 16.6. The molecule has 4 aromatic rings. The number of benzene rings is 2. The first-order chi connectivity index (χ1) is 14.6. The van der Waals surface area contributed by atoms with Gasteiger partial charge >= 0.3 is 0 Å². The molecular formula is C19H17N7O4. The van der Waals surface area contributed by atoms with Gasteiger partial charge in [0.2, 0.25) is 5.95 Å². The molecule has 0 saturated heterocycles. The molecule has 2 aromatic carbocycles. The van der Waals surface area contributed by atoms with Crippen molar-refractivity contribution >= 4 is 28.2 Å². The molecule has 0 saturated carbocycles. The largest absolute Gasteiger partial charge is 0.491 e. The number of nitro groups is 1. The van der Waals surface area contributed by atoms with Gasteiger partial charge in [0.15, 0.2) is 0 Å². The molecule has 0 atom stereocenters. The van der Waals surface area contributed by atoms with E-state index in [1.165, 1.54) is 23.1 Å². The minimum atomic E-state index is -0.459. The summed E-state index contributed by atoms with van der Waals surface area (Å²) in [5.74, 6) is 1.27. The van der Waals surface area contributed by atoms with Crippen molar-refractivity contribution < 1.29 is 14.4 Å². The lowest BCUT2D eigenvalue weighted by Gasteiger charge is -2.08. The molecule has 0 aliphatic rings. The fourth-order valence-electron chi connectivity index (χ4n) is 2.74. The fourth-order valence-corrected chi connectivity index (χ4v) is 2.74. The number of fused-ring (bicyclic) bond motifs is 1. The minimum Gasteiger partial charge on any atom is -0.491 e. The Morgan fingerprint density at radius 3 is 2.73 bits per heavy atom. The van der Waals surface area contributed by atoms with Crippen molar-refractivity contribution in [3.8, 4) is 11.7 Å². The summed E-state index contributed by atoms with van der Waals surface area (Å²) in [6, 6.07) is 11.8. The molecule has 2 heterocycles. The average Bonchev–Trinajstić information content (AvgIpc) is 3.19. The van der Waals surface area contributed by atoms with Gasteiger partial charge < -0.3 is 14.8 Å². The maximum Gasteiger partial charge on any atom is 0.271 e. The molecule has 0 aliphatic heterocycles. The first kappa shape index (κ1) is 19.2. The lowest BCUT2D eigenvalue weighted by atomic mass is 10.2. The third-order valence-corrected chi connectivity index (χ3v) is 4.18. The summed E-state index contributed by atoms with van der Waals surface area (Å²) in [6.45, 7) is 0.981. The van der Waals surface area contributed by atoms with Gasteiger partial charge in [-0.1, -0.05) is 0 Å². The van der Waals surface area contributed by atoms with Gasteiger partial charge in [0, 0.05) is 30.3 Å². The van der Waals surface area contributed by atoms with Crippen LogP contribution in [0.2, 0.25) is 0 Å². The third-order valence-electron chi connectivity index (χ3n) is 4.18. The van der Waals surface area contributed by atoms with E-state index in [2.05, 4.69) is 25.4 Å². The van der Waals surface area contributed by atoms with Crippen LogP contribution in [0.15, 0.2) is 55.0 Å². The molecule has 0 unspecified atom stereocenters. The van der Waals surface area contributed by atoms with Crippen molar-refractivity contribution in [3.63, 3.8) is 0 Å². The number of hydrogen-bond acceptors (Lipinski definition) is 9. The van der Waals surface area contributed by atoms with E-state index in [-0.39, 0.29) is 11.6 Å². The quantitative estimate of drug-likeness (QED) is 0.266. The Hall–Kier alpha value is -4.12. The monoisotopic (exact) mass is 407 g/mol. The number of nitro benzene ring substituents is 1. The number of hydrogen-bond donors (Lipinski definition) is 1. The lowest BCUT2D eigenvalue weighted by Crippen LogP contribution is -2.07. The topological polar surface area (TPSA) is 130 Å². The smallest absolute Gasteiger partial charge is 0.271 e. The first-order valence-corrected chi connectivity index (χ1v) is 8.94. The Morgan fingerprint density at radius 1 is 1.13 bits per heavy atom. The standard InChI is InChI=1S/C19H17N7O4/c1-29-8-9-30-16-6-3-14(4-7-16)23-18-20-12-21-19(24-18)25-17-10-15(26(27)28)5-2-13(17)11-22-25/h2-7,10-12H,8-9H2,1H3,(H,20,21,23,24). The Labute approximate surface area is 170 Å². The summed E-state index contributed by atoms with van der Waals surface area (Å²) in [5.41, 5.74) is 1.25. The molecule has 11 nitrogen and oxygen atoms in total. The Bertz CT molecular complexity index is 1180. The van der Waals surface area contributed by atoms with Gasteiger partial charge in [-0.3, -0.25) is 10.1 Å². The van der Waals surface area contributed by atoms with Gasteiger partial charge in [-0.2, -0.15) is 19.7 Å². The summed E-state index contributed by atoms with van der Waals surface area (Å²) in [6.07, 6.45) is 2.94. The second-order valence-corrected chi connectivity index (χ2v) is 6.16. The van der Waals surface area contributed by atoms with Crippen molar-refractivity contribution in [3.05, 3.63) is 65.1 Å². The Kier molecular flexibility index (Phi) is 5.44. The number of nitrogens with one attached hydrogen (secondary N) is 1. The van der Waals surface area contributed by atoms with Crippen LogP contribution in [0.4, 0.5) is 17.3 Å². The second-order valence-electron chi connectivity index (χ2n) is 6.16. The zero-order valence-electron chi connectivity index (χ0n) is 15.9. The molecule has 0 amide bonds. The summed E-state index contributed by atoms with van der Waals surface area (Å²) < 4.78 is 11.9. The van der Waals surface area contributed by atoms with Crippen molar-refractivity contribution in [2.75, 3.05) is 25.6 Å². The molecule has 30 heavy (non-hydrogen) atoms. The maximum atomic E-state index is 11.1. The molecule has 152 valence electrons. The van der Waals surface area contributed by atoms with E-state index in [0.717, 1.165) is 16.8 Å². The number of rotatable bonds is 8. The molecule has 0 radical (unpaired) electrons. The number of nitrogens with zero attached hydrogens (tertiary/aromatic N) is 6. The molecular weight excluding hydrogens is 390 g/mol. The number of ether oxygens (including phenoxy) is 2. The van der Waals surface area contributed by atoms with Gasteiger partial charge in [0.05, 0.1) is 23.2 Å². The molecule has 0 spiro atoms. The third kappa shape index (κ3) is 4.15. The van der Waals surface area contributed by atoms with E-state index in [9.17, 15) is 10.1 Å². The normalized spacial score (nSPS) is 10.8. The summed E-state index contributed by atoms with van der Waals surface area (Å²) >= 11 is 0. The zero-order valence-corrected chi connectivity index (χ0v) is 15.9. The SMILES string of the molecule is COCCOc1ccc(Nc2ncnc(-n3ncc4ccc([N+](=O)[O-])cc43)n2)cc1. The van der Waals surface area contributed by atoms with Gasteiger partial charge in [-0.05, 0) is 30.3 Å². The van der Waals surface area contributed by atoms with Crippen LogP contribution < -0.4 is 10.1 Å². The van der Waals surface area contributed by atoms with Crippen molar-refractivity contribution in [1.82, 2.24) is 24.7 Å². The predicted molar refractivity (Wildman–Crippen MR) is 108 cm³/mol. The highest BCUT2D eigenvalue weighted by Gasteiger charge is 2.13. The van der Waals surface area contributed by atoms with Gasteiger partial charge in [-0.25, -0.2) is 4.98 Å². The molecule has 0 aliphatic carbocycles. The van der Waals surface area contributed by atoms with Crippen LogP contribution in [0.5, 0.6) is 5.75 Å². The first-order valence-electron chi connectivity index (χ1n) is 8.94. The number of anilines is 2. The molecule has 0 bridgehead atoms. The van der Waals surface area contributed by atoms with Crippen LogP contribution in [0.25, 0.3) is 16.9 Å². The van der Waals surface area contributed by atoms with Crippen LogP contribution in [-0.2, 0) is 4.74 Å².